The molecule has 0 fully saturated rings. The summed E-state index contributed by atoms with van der Waals surface area (Å²) in [7, 11) is 1.49. The second-order valence-corrected chi connectivity index (χ2v) is 3.67. The van der Waals surface area contributed by atoms with E-state index in [1.807, 2.05) is 0 Å². The predicted molar refractivity (Wildman–Crippen MR) is 33.9 cm³/mol. The molecule has 0 spiro atoms. The number of hydrogen-bond acceptors (Lipinski definition) is 3. The van der Waals surface area contributed by atoms with Crippen molar-refractivity contribution in [3.63, 3.8) is 0 Å². The normalized spacial score (nSPS) is 30.3. The zero-order valence-electron chi connectivity index (χ0n) is 3.05. The molecule has 1 atom stereocenters. The van der Waals surface area contributed by atoms with E-state index in [2.05, 4.69) is 15.0 Å². The molecule has 0 aromatic carbocycles. The first-order valence-corrected chi connectivity index (χ1v) is 4.07. The molecule has 0 aromatic rings. The highest BCUT2D eigenvalue weighted by atomic mass is 33.1. The van der Waals surface area contributed by atoms with Crippen LogP contribution < -0.4 is 4.72 Å². The maximum atomic E-state index is 3.88. The highest BCUT2D eigenvalue weighted by Gasteiger charge is 1.90. The smallest absolute Gasteiger partial charge is 0.107 e. The van der Waals surface area contributed by atoms with Crippen molar-refractivity contribution in [2.24, 2.45) is 4.40 Å². The van der Waals surface area contributed by atoms with E-state index >= 15 is 0 Å². The molecule has 0 bridgehead atoms. The molecule has 0 saturated heterocycles. The summed E-state index contributed by atoms with van der Waals surface area (Å²) in [6.45, 7) is 0. The highest BCUT2D eigenvalue weighted by Crippen LogP contribution is 2.28. The Morgan fingerprint density at radius 3 is 3.00 bits per heavy atom. The lowest BCUT2D eigenvalue weighted by atomic mass is 11.4. The van der Waals surface area contributed by atoms with Gasteiger partial charge in [-0.05, 0) is 5.87 Å². The maximum Gasteiger partial charge on any atom is 0.107 e. The number of nitrogens with one attached hydrogen (secondary N) is 1. The van der Waals surface area contributed by atoms with E-state index in [-0.39, 0.29) is 9.70 Å². The van der Waals surface area contributed by atoms with Crippen molar-refractivity contribution in [2.45, 2.75) is 0 Å². The van der Waals surface area contributed by atoms with Crippen molar-refractivity contribution in [1.82, 2.24) is 4.72 Å². The van der Waals surface area contributed by atoms with Crippen molar-refractivity contribution in [3.8, 4) is 0 Å². The molecule has 2 nitrogen and oxygen atoms in total. The molecule has 0 aromatic heterocycles. The van der Waals surface area contributed by atoms with Gasteiger partial charge in [0.05, 0.1) is 0 Å². The van der Waals surface area contributed by atoms with Crippen molar-refractivity contribution in [1.29, 1.82) is 0 Å². The van der Waals surface area contributed by atoms with Crippen molar-refractivity contribution >= 4 is 32.9 Å². The first-order chi connectivity index (χ1) is 2.89. The van der Waals surface area contributed by atoms with Crippen LogP contribution in [0.25, 0.3) is 0 Å². The summed E-state index contributed by atoms with van der Waals surface area (Å²) in [5.74, 6) is 3.67. The summed E-state index contributed by atoms with van der Waals surface area (Å²) in [4.78, 5) is 0. The standard InChI is InChI=1S/C2H4N2S2/c1-6-4-2-3-5-6/h2H,1H2,(H,3,4). The van der Waals surface area contributed by atoms with Gasteiger partial charge in [0.25, 0.3) is 0 Å². The number of nitrogens with zero attached hydrogens (tertiary/aromatic N) is 1. The third-order valence-electron chi connectivity index (χ3n) is 0.367. The second kappa shape index (κ2) is 1.66. The minimum Gasteiger partial charge on any atom is -0.310 e. The molecule has 1 unspecified atom stereocenters. The van der Waals surface area contributed by atoms with Gasteiger partial charge in [-0.15, -0.1) is 0 Å². The van der Waals surface area contributed by atoms with Gasteiger partial charge in [-0.25, -0.2) is 4.40 Å². The van der Waals surface area contributed by atoms with E-state index in [4.69, 9.17) is 0 Å². The first kappa shape index (κ1) is 4.21. The van der Waals surface area contributed by atoms with Gasteiger partial charge >= 0.3 is 0 Å². The monoisotopic (exact) mass is 120 g/mol. The van der Waals surface area contributed by atoms with Gasteiger partial charge in [-0.2, -0.15) is 0 Å². The molecule has 0 radical (unpaired) electrons. The fraction of sp³-hybridized carbons (Fsp3) is 0. The Bertz CT molecular complexity index is 97.7. The zero-order valence-corrected chi connectivity index (χ0v) is 4.68. The van der Waals surface area contributed by atoms with Crippen molar-refractivity contribution < 1.29 is 0 Å². The molecule has 1 rings (SSSR count). The SMILES string of the molecule is C=S1N=CNS1. The summed E-state index contributed by atoms with van der Waals surface area (Å²) in [6, 6.07) is 0. The third-order valence-corrected chi connectivity index (χ3v) is 2.23. The van der Waals surface area contributed by atoms with Crippen LogP contribution in [0.15, 0.2) is 4.40 Å². The summed E-state index contributed by atoms with van der Waals surface area (Å²) in [5, 5.41) is 0. The van der Waals surface area contributed by atoms with E-state index in [0.29, 0.717) is 0 Å². The largest absolute Gasteiger partial charge is 0.310 e. The van der Waals surface area contributed by atoms with Gasteiger partial charge in [0.15, 0.2) is 0 Å². The average Bonchev–Trinajstić information content (AvgIpc) is 1.86. The molecule has 4 heteroatoms. The summed E-state index contributed by atoms with van der Waals surface area (Å²) < 4.78 is 6.73. The maximum absolute atomic E-state index is 3.88. The van der Waals surface area contributed by atoms with E-state index in [1.54, 1.807) is 17.3 Å². The van der Waals surface area contributed by atoms with Crippen LogP contribution in [-0.4, -0.2) is 12.2 Å². The molecule has 0 amide bonds. The van der Waals surface area contributed by atoms with Crippen LogP contribution in [0.4, 0.5) is 0 Å². The van der Waals surface area contributed by atoms with Crippen LogP contribution in [0.2, 0.25) is 0 Å². The lowest BCUT2D eigenvalue weighted by Gasteiger charge is -1.80. The second-order valence-electron chi connectivity index (χ2n) is 0.757. The Hall–Kier alpha value is 0.0400. The zero-order chi connectivity index (χ0) is 4.41. The average molecular weight is 120 g/mol. The van der Waals surface area contributed by atoms with Gasteiger partial charge in [-0.3, -0.25) is 0 Å². The van der Waals surface area contributed by atoms with E-state index in [0.717, 1.165) is 0 Å². The van der Waals surface area contributed by atoms with Crippen LogP contribution in [0.3, 0.4) is 0 Å². The van der Waals surface area contributed by atoms with Crippen LogP contribution in [0.1, 0.15) is 0 Å². The van der Waals surface area contributed by atoms with Crippen LogP contribution >= 0.6 is 20.7 Å². The molecular formula is C2H4N2S2. The molecule has 1 heterocycles. The van der Waals surface area contributed by atoms with Crippen molar-refractivity contribution in [2.75, 3.05) is 0 Å². The Morgan fingerprint density at radius 2 is 2.83 bits per heavy atom. The van der Waals surface area contributed by atoms with E-state index in [1.165, 1.54) is 0 Å². The van der Waals surface area contributed by atoms with Gasteiger partial charge < -0.3 is 4.72 Å². The summed E-state index contributed by atoms with van der Waals surface area (Å²) >= 11 is 0. The molecule has 0 saturated carbocycles. The summed E-state index contributed by atoms with van der Waals surface area (Å²) in [5.41, 5.74) is 0. The van der Waals surface area contributed by atoms with E-state index < -0.39 is 0 Å². The molecule has 34 valence electrons. The highest BCUT2D eigenvalue weighted by molar-refractivity contribution is 8.82. The quantitative estimate of drug-likeness (QED) is 0.290. The molecule has 6 heavy (non-hydrogen) atoms. The van der Waals surface area contributed by atoms with Crippen LogP contribution in [-0.2, 0) is 0 Å². The van der Waals surface area contributed by atoms with Gasteiger partial charge in [0, 0.05) is 20.7 Å². The van der Waals surface area contributed by atoms with E-state index in [9.17, 15) is 0 Å². The molecule has 1 N–H and O–H groups in total. The Balaban J connectivity index is 2.59. The first-order valence-electron chi connectivity index (χ1n) is 1.39. The van der Waals surface area contributed by atoms with Crippen molar-refractivity contribution in [3.05, 3.63) is 0 Å². The fourth-order valence-electron chi connectivity index (χ4n) is 0.179. The Labute approximate surface area is 42.6 Å². The topological polar surface area (TPSA) is 24.4 Å². The predicted octanol–water partition coefficient (Wildman–Crippen LogP) is 0.797. The number of hydrogen-bond donors (Lipinski definition) is 1. The molecule has 1 aliphatic heterocycles. The van der Waals surface area contributed by atoms with Crippen LogP contribution in [0, 0.1) is 0 Å². The fourth-order valence-corrected chi connectivity index (χ4v) is 1.39. The minimum atomic E-state index is -0.0478. The van der Waals surface area contributed by atoms with Crippen LogP contribution in [0.5, 0.6) is 0 Å². The lowest BCUT2D eigenvalue weighted by molar-refractivity contribution is 1.64. The minimum absolute atomic E-state index is 0.0478. The summed E-state index contributed by atoms with van der Waals surface area (Å²) in [6.07, 6.45) is 1.67. The third kappa shape index (κ3) is 0.753. The molecule has 0 aliphatic carbocycles. The molecular weight excluding hydrogens is 116 g/mol. The Kier molecular flexibility index (Phi) is 1.16. The number of rotatable bonds is 0. The molecule has 1 aliphatic rings. The Morgan fingerprint density at radius 1 is 2.00 bits per heavy atom. The van der Waals surface area contributed by atoms with Gasteiger partial charge in [0.1, 0.15) is 6.34 Å². The lowest BCUT2D eigenvalue weighted by Crippen LogP contribution is -1.87. The van der Waals surface area contributed by atoms with Gasteiger partial charge in [-0.1, -0.05) is 0 Å². The van der Waals surface area contributed by atoms with Gasteiger partial charge in [0.2, 0.25) is 0 Å².